The lowest BCUT2D eigenvalue weighted by Crippen LogP contribution is -2.40. The van der Waals surface area contributed by atoms with Crippen LogP contribution in [0, 0.1) is 0 Å². The zero-order chi connectivity index (χ0) is 18.3. The quantitative estimate of drug-likeness (QED) is 0.795. The third-order valence-corrected chi connectivity index (χ3v) is 7.62. The van der Waals surface area contributed by atoms with Gasteiger partial charge in [0, 0.05) is 24.7 Å². The number of hydrogen-bond acceptors (Lipinski definition) is 4. The molecule has 2 fully saturated rings. The summed E-state index contributed by atoms with van der Waals surface area (Å²) in [5.41, 5.74) is 0.554. The van der Waals surface area contributed by atoms with Crippen LogP contribution >= 0.6 is 0 Å². The summed E-state index contributed by atoms with van der Waals surface area (Å²) in [5.74, 6) is -0.588. The van der Waals surface area contributed by atoms with Gasteiger partial charge in [-0.2, -0.15) is 0 Å². The first-order valence-corrected chi connectivity index (χ1v) is 11.0. The van der Waals surface area contributed by atoms with Crippen LogP contribution in [0.5, 0.6) is 0 Å². The number of nitrogens with zero attached hydrogens (tertiary/aromatic N) is 2. The minimum Gasteiger partial charge on any atom is -0.339 e. The first-order chi connectivity index (χ1) is 12.5. The molecule has 2 aliphatic heterocycles. The van der Waals surface area contributed by atoms with Crippen molar-refractivity contribution < 1.29 is 18.0 Å². The largest absolute Gasteiger partial charge is 0.339 e. The molecule has 0 bridgehead atoms. The van der Waals surface area contributed by atoms with Gasteiger partial charge in [-0.3, -0.25) is 9.59 Å². The van der Waals surface area contributed by atoms with Crippen LogP contribution in [0.4, 0.5) is 0 Å². The minimum atomic E-state index is -3.87. The monoisotopic (exact) mass is 376 g/mol. The summed E-state index contributed by atoms with van der Waals surface area (Å²) in [6.07, 6.45) is 7.48. The predicted molar refractivity (Wildman–Crippen MR) is 96.4 cm³/mol. The Morgan fingerprint density at radius 1 is 0.962 bits per heavy atom. The molecule has 4 rings (SSSR count). The predicted octanol–water partition coefficient (Wildman–Crippen LogP) is 2.79. The van der Waals surface area contributed by atoms with Crippen molar-refractivity contribution in [2.24, 2.45) is 0 Å². The molecule has 0 aromatic heterocycles. The molecule has 26 heavy (non-hydrogen) atoms. The number of piperidine rings is 1. The van der Waals surface area contributed by atoms with Gasteiger partial charge in [-0.1, -0.05) is 19.3 Å². The van der Waals surface area contributed by atoms with Crippen LogP contribution in [0.25, 0.3) is 0 Å². The third-order valence-electron chi connectivity index (χ3n) is 5.75. The zero-order valence-corrected chi connectivity index (χ0v) is 15.6. The van der Waals surface area contributed by atoms with Crippen LogP contribution in [-0.4, -0.2) is 48.6 Å². The standard InChI is InChI=1S/C19H24N2O4S/c22-18(20-11-5-2-6-12-20)14-9-10-16-17(13-14)26(24,25)21(19(16)23)15-7-3-1-4-8-15/h9-10,13,15H,1-8,11-12H2. The van der Waals surface area contributed by atoms with Crippen LogP contribution in [0.15, 0.2) is 23.1 Å². The van der Waals surface area contributed by atoms with E-state index in [9.17, 15) is 18.0 Å². The molecule has 6 nitrogen and oxygen atoms in total. The van der Waals surface area contributed by atoms with Crippen molar-refractivity contribution in [3.8, 4) is 0 Å². The van der Waals surface area contributed by atoms with E-state index in [0.29, 0.717) is 18.7 Å². The van der Waals surface area contributed by atoms with E-state index in [1.54, 1.807) is 11.0 Å². The fourth-order valence-corrected chi connectivity index (χ4v) is 6.18. The Labute approximate surface area is 154 Å². The highest BCUT2D eigenvalue weighted by atomic mass is 32.2. The van der Waals surface area contributed by atoms with Crippen molar-refractivity contribution in [3.63, 3.8) is 0 Å². The number of benzene rings is 1. The van der Waals surface area contributed by atoms with Crippen LogP contribution in [0.3, 0.4) is 0 Å². The van der Waals surface area contributed by atoms with E-state index < -0.39 is 15.9 Å². The van der Waals surface area contributed by atoms with E-state index in [4.69, 9.17) is 0 Å². The molecule has 0 atom stereocenters. The van der Waals surface area contributed by atoms with Gasteiger partial charge in [-0.05, 0) is 50.3 Å². The van der Waals surface area contributed by atoms with Crippen molar-refractivity contribution in [3.05, 3.63) is 29.3 Å². The van der Waals surface area contributed by atoms with Crippen molar-refractivity contribution in [2.75, 3.05) is 13.1 Å². The molecule has 1 aromatic rings. The molecule has 7 heteroatoms. The minimum absolute atomic E-state index is 0.00377. The van der Waals surface area contributed by atoms with Gasteiger partial charge < -0.3 is 4.90 Å². The lowest BCUT2D eigenvalue weighted by molar-refractivity contribution is 0.0722. The molecule has 0 spiro atoms. The van der Waals surface area contributed by atoms with Gasteiger partial charge in [0.15, 0.2) is 0 Å². The van der Waals surface area contributed by atoms with E-state index >= 15 is 0 Å². The molecule has 1 saturated carbocycles. The van der Waals surface area contributed by atoms with Gasteiger partial charge in [0.1, 0.15) is 4.90 Å². The van der Waals surface area contributed by atoms with Gasteiger partial charge in [-0.15, -0.1) is 0 Å². The zero-order valence-electron chi connectivity index (χ0n) is 14.8. The summed E-state index contributed by atoms with van der Waals surface area (Å²) in [7, 11) is -3.87. The molecule has 1 aliphatic carbocycles. The van der Waals surface area contributed by atoms with E-state index in [0.717, 1.165) is 55.7 Å². The van der Waals surface area contributed by atoms with Crippen molar-refractivity contribution in [1.82, 2.24) is 9.21 Å². The SMILES string of the molecule is O=C(c1ccc2c(c1)S(=O)(=O)N(C1CCCCC1)C2=O)N1CCCCC1. The van der Waals surface area contributed by atoms with Gasteiger partial charge in [0.2, 0.25) is 0 Å². The van der Waals surface area contributed by atoms with Crippen LogP contribution in [0.2, 0.25) is 0 Å². The molecule has 140 valence electrons. The molecule has 0 unspecified atom stereocenters. The van der Waals surface area contributed by atoms with Crippen molar-refractivity contribution in [2.45, 2.75) is 62.3 Å². The fraction of sp³-hybridized carbons (Fsp3) is 0.579. The number of sulfonamides is 1. The second-order valence-corrected chi connectivity index (χ2v) is 9.24. The molecular weight excluding hydrogens is 352 g/mol. The average Bonchev–Trinajstić information content (AvgIpc) is 2.88. The number of likely N-dealkylation sites (tertiary alicyclic amines) is 1. The molecule has 3 aliphatic rings. The van der Waals surface area contributed by atoms with Gasteiger partial charge >= 0.3 is 0 Å². The van der Waals surface area contributed by atoms with Crippen molar-refractivity contribution >= 4 is 21.8 Å². The molecule has 1 saturated heterocycles. The smallest absolute Gasteiger partial charge is 0.269 e. The maximum absolute atomic E-state index is 13.0. The molecule has 1 aromatic carbocycles. The number of fused-ring (bicyclic) bond motifs is 1. The Morgan fingerprint density at radius 3 is 2.31 bits per heavy atom. The molecule has 0 radical (unpaired) electrons. The number of carbonyl (C=O) groups is 2. The summed E-state index contributed by atoms with van der Waals surface area (Å²) < 4.78 is 27.1. The second kappa shape index (κ2) is 6.68. The highest BCUT2D eigenvalue weighted by molar-refractivity contribution is 7.90. The lowest BCUT2D eigenvalue weighted by atomic mass is 9.95. The number of hydrogen-bond donors (Lipinski definition) is 0. The third kappa shape index (κ3) is 2.82. The highest BCUT2D eigenvalue weighted by Crippen LogP contribution is 2.36. The van der Waals surface area contributed by atoms with Crippen LogP contribution in [-0.2, 0) is 10.0 Å². The van der Waals surface area contributed by atoms with Gasteiger partial charge in [-0.25, -0.2) is 12.7 Å². The first-order valence-electron chi connectivity index (χ1n) is 9.52. The summed E-state index contributed by atoms with van der Waals surface area (Å²) in [6, 6.07) is 4.25. The lowest BCUT2D eigenvalue weighted by Gasteiger charge is -2.29. The van der Waals surface area contributed by atoms with Crippen molar-refractivity contribution in [1.29, 1.82) is 0 Å². The van der Waals surface area contributed by atoms with E-state index in [2.05, 4.69) is 0 Å². The maximum Gasteiger partial charge on any atom is 0.269 e. The number of amides is 2. The molecule has 2 heterocycles. The summed E-state index contributed by atoms with van der Waals surface area (Å²) in [5, 5.41) is 0. The summed E-state index contributed by atoms with van der Waals surface area (Å²) >= 11 is 0. The fourth-order valence-electron chi connectivity index (χ4n) is 4.34. The maximum atomic E-state index is 13.0. The Kier molecular flexibility index (Phi) is 4.50. The molecular formula is C19H24N2O4S. The van der Waals surface area contributed by atoms with E-state index in [-0.39, 0.29) is 22.4 Å². The topological polar surface area (TPSA) is 74.8 Å². The van der Waals surface area contributed by atoms with Gasteiger partial charge in [0.25, 0.3) is 21.8 Å². The van der Waals surface area contributed by atoms with E-state index in [1.807, 2.05) is 0 Å². The molecule has 0 N–H and O–H groups in total. The Morgan fingerprint density at radius 2 is 1.62 bits per heavy atom. The highest BCUT2D eigenvalue weighted by Gasteiger charge is 2.45. The average molecular weight is 376 g/mol. The number of rotatable bonds is 2. The number of carbonyl (C=O) groups excluding carboxylic acids is 2. The van der Waals surface area contributed by atoms with Crippen LogP contribution < -0.4 is 0 Å². The van der Waals surface area contributed by atoms with E-state index in [1.165, 1.54) is 12.1 Å². The Balaban J connectivity index is 1.66. The normalized spacial score (nSPS) is 23.2. The van der Waals surface area contributed by atoms with Crippen LogP contribution in [0.1, 0.15) is 72.1 Å². The molecule has 2 amide bonds. The first kappa shape index (κ1) is 17.5. The summed E-state index contributed by atoms with van der Waals surface area (Å²) in [4.78, 5) is 27.2. The second-order valence-electron chi connectivity index (χ2n) is 7.46. The summed E-state index contributed by atoms with van der Waals surface area (Å²) in [6.45, 7) is 1.41. The Hall–Kier alpha value is -1.89. The Bertz CT molecular complexity index is 837. The van der Waals surface area contributed by atoms with Gasteiger partial charge in [0.05, 0.1) is 5.56 Å².